The van der Waals surface area contributed by atoms with E-state index in [9.17, 15) is 0 Å². The van der Waals surface area contributed by atoms with Gasteiger partial charge in [-0.25, -0.2) is 0 Å². The van der Waals surface area contributed by atoms with E-state index in [2.05, 4.69) is 31.2 Å². The third-order valence-electron chi connectivity index (χ3n) is 2.21. The summed E-state index contributed by atoms with van der Waals surface area (Å²) in [5.41, 5.74) is 0. The Morgan fingerprint density at radius 3 is 2.93 bits per heavy atom. The van der Waals surface area contributed by atoms with Crippen molar-refractivity contribution < 1.29 is 4.74 Å². The van der Waals surface area contributed by atoms with Crippen molar-refractivity contribution >= 4 is 0 Å². The lowest BCUT2D eigenvalue weighted by Crippen LogP contribution is -2.24. The van der Waals surface area contributed by atoms with Crippen molar-refractivity contribution in [1.82, 2.24) is 15.1 Å². The van der Waals surface area contributed by atoms with Gasteiger partial charge in [0.2, 0.25) is 0 Å². The van der Waals surface area contributed by atoms with E-state index in [-0.39, 0.29) is 0 Å². The normalized spacial score (nSPS) is 12.7. The zero-order chi connectivity index (χ0) is 11.1. The molecule has 15 heavy (non-hydrogen) atoms. The minimum absolute atomic E-state index is 0.523. The number of aromatic nitrogens is 2. The third kappa shape index (κ3) is 4.34. The Hall–Kier alpha value is -1.03. The van der Waals surface area contributed by atoms with E-state index >= 15 is 0 Å². The van der Waals surface area contributed by atoms with E-state index in [1.165, 1.54) is 0 Å². The van der Waals surface area contributed by atoms with Gasteiger partial charge in [0.15, 0.2) is 5.75 Å². The predicted molar refractivity (Wildman–Crippen MR) is 61.1 cm³/mol. The van der Waals surface area contributed by atoms with Crippen LogP contribution < -0.4 is 10.1 Å². The average molecular weight is 211 g/mol. The van der Waals surface area contributed by atoms with Gasteiger partial charge in [-0.2, -0.15) is 5.10 Å². The van der Waals surface area contributed by atoms with Gasteiger partial charge in [-0.1, -0.05) is 13.8 Å². The van der Waals surface area contributed by atoms with E-state index in [1.54, 1.807) is 6.20 Å². The highest BCUT2D eigenvalue weighted by Gasteiger charge is 2.03. The molecule has 1 aromatic heterocycles. The number of nitrogens with zero attached hydrogens (tertiary/aromatic N) is 2. The topological polar surface area (TPSA) is 39.1 Å². The molecule has 1 N–H and O–H groups in total. The SMILES string of the molecule is CCNCC(C)COc1cnn(CC)c1. The van der Waals surface area contributed by atoms with Crippen molar-refractivity contribution in [2.24, 2.45) is 5.92 Å². The molecule has 4 nitrogen and oxygen atoms in total. The van der Waals surface area contributed by atoms with Crippen LogP contribution in [0.1, 0.15) is 20.8 Å². The minimum atomic E-state index is 0.523. The van der Waals surface area contributed by atoms with E-state index in [0.717, 1.165) is 32.0 Å². The zero-order valence-corrected chi connectivity index (χ0v) is 9.86. The molecule has 1 unspecified atom stereocenters. The quantitative estimate of drug-likeness (QED) is 0.743. The van der Waals surface area contributed by atoms with E-state index in [4.69, 9.17) is 4.74 Å². The molecule has 1 heterocycles. The molecule has 1 rings (SSSR count). The Morgan fingerprint density at radius 1 is 1.53 bits per heavy atom. The van der Waals surface area contributed by atoms with Gasteiger partial charge in [0.1, 0.15) is 0 Å². The molecule has 0 spiro atoms. The molecule has 0 fully saturated rings. The summed E-state index contributed by atoms with van der Waals surface area (Å²) in [6, 6.07) is 0. The molecule has 0 aliphatic rings. The molecule has 4 heteroatoms. The fourth-order valence-electron chi connectivity index (χ4n) is 1.28. The van der Waals surface area contributed by atoms with Crippen LogP contribution in [0.5, 0.6) is 5.75 Å². The van der Waals surface area contributed by atoms with Crippen LogP contribution in [0.2, 0.25) is 0 Å². The monoisotopic (exact) mass is 211 g/mol. The van der Waals surface area contributed by atoms with Crippen LogP contribution in [0.4, 0.5) is 0 Å². The number of aryl methyl sites for hydroxylation is 1. The van der Waals surface area contributed by atoms with Crippen molar-refractivity contribution in [3.8, 4) is 5.75 Å². The van der Waals surface area contributed by atoms with Crippen molar-refractivity contribution in [2.45, 2.75) is 27.3 Å². The molecular weight excluding hydrogens is 190 g/mol. The molecule has 0 radical (unpaired) electrons. The van der Waals surface area contributed by atoms with E-state index in [0.29, 0.717) is 5.92 Å². The van der Waals surface area contributed by atoms with Crippen LogP contribution in [0.25, 0.3) is 0 Å². The number of rotatable bonds is 7. The van der Waals surface area contributed by atoms with Gasteiger partial charge in [0.05, 0.1) is 19.0 Å². The van der Waals surface area contributed by atoms with Gasteiger partial charge in [0, 0.05) is 19.0 Å². The van der Waals surface area contributed by atoms with E-state index in [1.807, 2.05) is 10.9 Å². The molecule has 0 saturated heterocycles. The van der Waals surface area contributed by atoms with Crippen LogP contribution in [0.3, 0.4) is 0 Å². The first-order valence-corrected chi connectivity index (χ1v) is 5.62. The van der Waals surface area contributed by atoms with E-state index < -0.39 is 0 Å². The van der Waals surface area contributed by atoms with Crippen molar-refractivity contribution in [1.29, 1.82) is 0 Å². The Balaban J connectivity index is 2.24. The molecular formula is C11H21N3O. The zero-order valence-electron chi connectivity index (χ0n) is 9.86. The average Bonchev–Trinajstić information content (AvgIpc) is 2.71. The van der Waals surface area contributed by atoms with Gasteiger partial charge < -0.3 is 10.1 Å². The molecule has 0 aromatic carbocycles. The van der Waals surface area contributed by atoms with Crippen LogP contribution >= 0.6 is 0 Å². The third-order valence-corrected chi connectivity index (χ3v) is 2.21. The summed E-state index contributed by atoms with van der Waals surface area (Å²) in [5, 5.41) is 7.45. The first-order chi connectivity index (χ1) is 7.26. The number of hydrogen-bond acceptors (Lipinski definition) is 3. The summed E-state index contributed by atoms with van der Waals surface area (Å²) >= 11 is 0. The molecule has 1 atom stereocenters. The summed E-state index contributed by atoms with van der Waals surface area (Å²) in [6.45, 7) is 9.98. The largest absolute Gasteiger partial charge is 0.490 e. The number of hydrogen-bond donors (Lipinski definition) is 1. The first-order valence-electron chi connectivity index (χ1n) is 5.62. The highest BCUT2D eigenvalue weighted by Crippen LogP contribution is 2.09. The standard InChI is InChI=1S/C11H21N3O/c1-4-12-6-10(3)9-15-11-7-13-14(5-2)8-11/h7-8,10,12H,4-6,9H2,1-3H3. The molecule has 0 bridgehead atoms. The number of nitrogens with one attached hydrogen (secondary N) is 1. The minimum Gasteiger partial charge on any atom is -0.490 e. The van der Waals surface area contributed by atoms with Gasteiger partial charge >= 0.3 is 0 Å². The lowest BCUT2D eigenvalue weighted by molar-refractivity contribution is 0.256. The van der Waals surface area contributed by atoms with Gasteiger partial charge in [-0.05, 0) is 13.5 Å². The molecule has 1 aromatic rings. The lowest BCUT2D eigenvalue weighted by atomic mass is 10.2. The molecule has 0 aliphatic heterocycles. The predicted octanol–water partition coefficient (Wildman–Crippen LogP) is 1.53. The summed E-state index contributed by atoms with van der Waals surface area (Å²) in [4.78, 5) is 0. The Kier molecular flexibility index (Phi) is 5.18. The first kappa shape index (κ1) is 12.0. The van der Waals surface area contributed by atoms with Crippen molar-refractivity contribution in [2.75, 3.05) is 19.7 Å². The summed E-state index contributed by atoms with van der Waals surface area (Å²) in [6.07, 6.45) is 3.70. The molecule has 0 amide bonds. The Bertz CT molecular complexity index is 273. The lowest BCUT2D eigenvalue weighted by Gasteiger charge is -2.11. The highest BCUT2D eigenvalue weighted by atomic mass is 16.5. The molecule has 0 saturated carbocycles. The van der Waals surface area contributed by atoms with Gasteiger partial charge in [-0.15, -0.1) is 0 Å². The second kappa shape index (κ2) is 6.45. The second-order valence-corrected chi connectivity index (χ2v) is 3.76. The van der Waals surface area contributed by atoms with Gasteiger partial charge in [-0.3, -0.25) is 4.68 Å². The van der Waals surface area contributed by atoms with Crippen LogP contribution in [0.15, 0.2) is 12.4 Å². The van der Waals surface area contributed by atoms with Crippen LogP contribution in [-0.4, -0.2) is 29.5 Å². The maximum absolute atomic E-state index is 5.62. The highest BCUT2D eigenvalue weighted by molar-refractivity contribution is 5.11. The summed E-state index contributed by atoms with van der Waals surface area (Å²) in [7, 11) is 0. The second-order valence-electron chi connectivity index (χ2n) is 3.76. The maximum atomic E-state index is 5.62. The van der Waals surface area contributed by atoms with Crippen LogP contribution in [0, 0.1) is 5.92 Å². The van der Waals surface area contributed by atoms with Crippen LogP contribution in [-0.2, 0) is 6.54 Å². The number of ether oxygens (including phenoxy) is 1. The maximum Gasteiger partial charge on any atom is 0.157 e. The van der Waals surface area contributed by atoms with Crippen molar-refractivity contribution in [3.05, 3.63) is 12.4 Å². The summed E-state index contributed by atoms with van der Waals surface area (Å²) < 4.78 is 7.49. The molecule has 0 aliphatic carbocycles. The van der Waals surface area contributed by atoms with Gasteiger partial charge in [0.25, 0.3) is 0 Å². The molecule has 86 valence electrons. The Morgan fingerprint density at radius 2 is 2.33 bits per heavy atom. The Labute approximate surface area is 91.6 Å². The van der Waals surface area contributed by atoms with Crippen molar-refractivity contribution in [3.63, 3.8) is 0 Å². The fourth-order valence-corrected chi connectivity index (χ4v) is 1.28. The summed E-state index contributed by atoms with van der Waals surface area (Å²) in [5.74, 6) is 1.38. The smallest absolute Gasteiger partial charge is 0.157 e. The fraction of sp³-hybridized carbons (Fsp3) is 0.727.